The molecular formula is C11H17NO2. The summed E-state index contributed by atoms with van der Waals surface area (Å²) in [5.74, 6) is 0.167. The summed E-state index contributed by atoms with van der Waals surface area (Å²) in [4.78, 5) is 24.5. The lowest BCUT2D eigenvalue weighted by atomic mass is 10.2. The van der Waals surface area contributed by atoms with E-state index in [2.05, 4.69) is 0 Å². The van der Waals surface area contributed by atoms with E-state index in [0.29, 0.717) is 12.8 Å². The van der Waals surface area contributed by atoms with Gasteiger partial charge in [-0.15, -0.1) is 0 Å². The average molecular weight is 195 g/mol. The van der Waals surface area contributed by atoms with Gasteiger partial charge in [-0.05, 0) is 25.8 Å². The Balaban J connectivity index is 2.23. The monoisotopic (exact) mass is 195 g/mol. The molecule has 0 unspecified atom stereocenters. The fourth-order valence-corrected chi connectivity index (χ4v) is 1.62. The Morgan fingerprint density at radius 1 is 1.21 bits per heavy atom. The zero-order chi connectivity index (χ0) is 10.4. The summed E-state index contributed by atoms with van der Waals surface area (Å²) in [6.07, 6.45) is 6.16. The molecule has 1 saturated heterocycles. The molecular weight excluding hydrogens is 178 g/mol. The van der Waals surface area contributed by atoms with Crippen LogP contribution in [0.3, 0.4) is 0 Å². The molecule has 3 nitrogen and oxygen atoms in total. The van der Waals surface area contributed by atoms with E-state index in [0.717, 1.165) is 25.9 Å². The summed E-state index contributed by atoms with van der Waals surface area (Å²) in [5, 5.41) is 0. The van der Waals surface area contributed by atoms with Crippen LogP contribution in [0.4, 0.5) is 0 Å². The van der Waals surface area contributed by atoms with Crippen LogP contribution in [0.15, 0.2) is 12.2 Å². The number of likely N-dealkylation sites (tertiary alicyclic amines) is 1. The van der Waals surface area contributed by atoms with Crippen LogP contribution in [0, 0.1) is 0 Å². The zero-order valence-corrected chi connectivity index (χ0v) is 8.66. The molecule has 1 aliphatic heterocycles. The van der Waals surface area contributed by atoms with E-state index in [1.807, 2.05) is 4.90 Å². The fourth-order valence-electron chi connectivity index (χ4n) is 1.62. The zero-order valence-electron chi connectivity index (χ0n) is 8.66. The van der Waals surface area contributed by atoms with Crippen molar-refractivity contribution in [2.24, 2.45) is 0 Å². The van der Waals surface area contributed by atoms with Crippen molar-refractivity contribution in [3.8, 4) is 0 Å². The van der Waals surface area contributed by atoms with Crippen molar-refractivity contribution in [2.75, 3.05) is 13.1 Å². The summed E-state index contributed by atoms with van der Waals surface area (Å²) in [6, 6.07) is 0. The first-order valence-corrected chi connectivity index (χ1v) is 5.17. The maximum atomic E-state index is 11.5. The highest BCUT2D eigenvalue weighted by Crippen LogP contribution is 2.09. The van der Waals surface area contributed by atoms with Crippen molar-refractivity contribution in [3.63, 3.8) is 0 Å². The first-order valence-electron chi connectivity index (χ1n) is 5.17. The SMILES string of the molecule is C/C=C/C(=O)CCC(=O)N1CCCC1. The van der Waals surface area contributed by atoms with Gasteiger partial charge < -0.3 is 4.90 Å². The molecule has 0 aliphatic carbocycles. The third-order valence-corrected chi connectivity index (χ3v) is 2.40. The molecule has 0 aromatic rings. The van der Waals surface area contributed by atoms with E-state index < -0.39 is 0 Å². The number of carbonyl (C=O) groups excluding carboxylic acids is 2. The van der Waals surface area contributed by atoms with E-state index >= 15 is 0 Å². The standard InChI is InChI=1S/C11H17NO2/c1-2-5-10(13)6-7-11(14)12-8-3-4-9-12/h2,5H,3-4,6-9H2,1H3/b5-2+. The molecule has 0 spiro atoms. The van der Waals surface area contributed by atoms with Gasteiger partial charge in [0, 0.05) is 25.9 Å². The van der Waals surface area contributed by atoms with Gasteiger partial charge in [0.05, 0.1) is 0 Å². The van der Waals surface area contributed by atoms with Crippen LogP contribution in [0.25, 0.3) is 0 Å². The van der Waals surface area contributed by atoms with Gasteiger partial charge in [0.2, 0.25) is 5.91 Å². The first-order chi connectivity index (χ1) is 6.74. The minimum Gasteiger partial charge on any atom is -0.343 e. The van der Waals surface area contributed by atoms with Crippen molar-refractivity contribution in [1.29, 1.82) is 0 Å². The Bertz CT molecular complexity index is 240. The average Bonchev–Trinajstić information content (AvgIpc) is 2.67. The number of allylic oxidation sites excluding steroid dienone is 2. The molecule has 0 atom stereocenters. The third kappa shape index (κ3) is 3.32. The van der Waals surface area contributed by atoms with Crippen molar-refractivity contribution in [1.82, 2.24) is 4.90 Å². The second-order valence-electron chi connectivity index (χ2n) is 3.55. The van der Waals surface area contributed by atoms with Gasteiger partial charge in [-0.1, -0.05) is 6.08 Å². The molecule has 0 aromatic carbocycles. The number of ketones is 1. The van der Waals surface area contributed by atoms with Crippen LogP contribution < -0.4 is 0 Å². The first kappa shape index (κ1) is 11.0. The molecule has 0 bridgehead atoms. The second kappa shape index (κ2) is 5.58. The highest BCUT2D eigenvalue weighted by Gasteiger charge is 2.17. The molecule has 0 aromatic heterocycles. The Morgan fingerprint density at radius 3 is 2.43 bits per heavy atom. The highest BCUT2D eigenvalue weighted by atomic mass is 16.2. The molecule has 78 valence electrons. The highest BCUT2D eigenvalue weighted by molar-refractivity contribution is 5.92. The lowest BCUT2D eigenvalue weighted by Crippen LogP contribution is -2.27. The predicted molar refractivity (Wildman–Crippen MR) is 54.9 cm³/mol. The van der Waals surface area contributed by atoms with Gasteiger partial charge in [-0.3, -0.25) is 9.59 Å². The minimum absolute atomic E-state index is 0.0417. The van der Waals surface area contributed by atoms with Crippen molar-refractivity contribution >= 4 is 11.7 Å². The molecule has 1 fully saturated rings. The molecule has 0 radical (unpaired) electrons. The van der Waals surface area contributed by atoms with Crippen LogP contribution in [-0.2, 0) is 9.59 Å². The topological polar surface area (TPSA) is 37.4 Å². The minimum atomic E-state index is 0.0417. The van der Waals surface area contributed by atoms with Gasteiger partial charge in [0.15, 0.2) is 5.78 Å². The van der Waals surface area contributed by atoms with Crippen molar-refractivity contribution in [3.05, 3.63) is 12.2 Å². The van der Waals surface area contributed by atoms with Gasteiger partial charge in [-0.25, -0.2) is 0 Å². The van der Waals surface area contributed by atoms with E-state index in [4.69, 9.17) is 0 Å². The number of hydrogen-bond acceptors (Lipinski definition) is 2. The van der Waals surface area contributed by atoms with Crippen LogP contribution in [0.5, 0.6) is 0 Å². The largest absolute Gasteiger partial charge is 0.343 e. The number of amides is 1. The Hall–Kier alpha value is -1.12. The number of rotatable bonds is 4. The quantitative estimate of drug-likeness (QED) is 0.638. The lowest BCUT2D eigenvalue weighted by molar-refractivity contribution is -0.131. The van der Waals surface area contributed by atoms with Gasteiger partial charge in [0.1, 0.15) is 0 Å². The Kier molecular flexibility index (Phi) is 4.36. The van der Waals surface area contributed by atoms with E-state index in [-0.39, 0.29) is 11.7 Å². The van der Waals surface area contributed by atoms with Gasteiger partial charge >= 0.3 is 0 Å². The molecule has 3 heteroatoms. The smallest absolute Gasteiger partial charge is 0.223 e. The van der Waals surface area contributed by atoms with E-state index in [1.54, 1.807) is 13.0 Å². The van der Waals surface area contributed by atoms with Gasteiger partial charge in [-0.2, -0.15) is 0 Å². The molecule has 0 saturated carbocycles. The second-order valence-corrected chi connectivity index (χ2v) is 3.55. The van der Waals surface area contributed by atoms with Crippen LogP contribution in [0.2, 0.25) is 0 Å². The normalized spacial score (nSPS) is 16.5. The van der Waals surface area contributed by atoms with Crippen LogP contribution in [-0.4, -0.2) is 29.7 Å². The summed E-state index contributed by atoms with van der Waals surface area (Å²) in [7, 11) is 0. The predicted octanol–water partition coefficient (Wildman–Crippen LogP) is 1.53. The molecule has 14 heavy (non-hydrogen) atoms. The summed E-state index contributed by atoms with van der Waals surface area (Å²) >= 11 is 0. The molecule has 1 heterocycles. The van der Waals surface area contributed by atoms with E-state index in [1.165, 1.54) is 6.08 Å². The van der Waals surface area contributed by atoms with Crippen LogP contribution >= 0.6 is 0 Å². The Morgan fingerprint density at radius 2 is 1.86 bits per heavy atom. The molecule has 1 aliphatic rings. The third-order valence-electron chi connectivity index (χ3n) is 2.40. The molecule has 1 rings (SSSR count). The van der Waals surface area contributed by atoms with Crippen molar-refractivity contribution < 1.29 is 9.59 Å². The number of nitrogens with zero attached hydrogens (tertiary/aromatic N) is 1. The lowest BCUT2D eigenvalue weighted by Gasteiger charge is -2.14. The summed E-state index contributed by atoms with van der Waals surface area (Å²) in [5.41, 5.74) is 0. The summed E-state index contributed by atoms with van der Waals surface area (Å²) in [6.45, 7) is 3.55. The number of hydrogen-bond donors (Lipinski definition) is 0. The molecule has 1 amide bonds. The van der Waals surface area contributed by atoms with Gasteiger partial charge in [0.25, 0.3) is 0 Å². The fraction of sp³-hybridized carbons (Fsp3) is 0.636. The number of carbonyl (C=O) groups is 2. The Labute approximate surface area is 84.8 Å². The van der Waals surface area contributed by atoms with Crippen molar-refractivity contribution in [2.45, 2.75) is 32.6 Å². The molecule has 0 N–H and O–H groups in total. The maximum Gasteiger partial charge on any atom is 0.223 e. The van der Waals surface area contributed by atoms with E-state index in [9.17, 15) is 9.59 Å². The van der Waals surface area contributed by atoms with Crippen LogP contribution in [0.1, 0.15) is 32.6 Å². The maximum absolute atomic E-state index is 11.5. The summed E-state index contributed by atoms with van der Waals surface area (Å²) < 4.78 is 0.